The number of hydrogen-bond donors (Lipinski definition) is 0. The Balaban J connectivity index is 5.69. The van der Waals surface area contributed by atoms with Crippen LogP contribution in [0.25, 0.3) is 0 Å². The normalized spacial score (nSPS) is 13.5. The second-order valence-electron chi connectivity index (χ2n) is 2.75. The van der Waals surface area contributed by atoms with Crippen molar-refractivity contribution in [2.75, 3.05) is 6.26 Å². The van der Waals surface area contributed by atoms with Crippen LogP contribution in [0.4, 0.5) is 0 Å². The zero-order chi connectivity index (χ0) is 10.8. The summed E-state index contributed by atoms with van der Waals surface area (Å²) in [5.74, 6) is -0.489. The third-order valence-electron chi connectivity index (χ3n) is 1.26. The van der Waals surface area contributed by atoms with Gasteiger partial charge in [0.05, 0.1) is 0 Å². The Morgan fingerprint density at radius 1 is 1.31 bits per heavy atom. The van der Waals surface area contributed by atoms with Crippen molar-refractivity contribution in [1.29, 1.82) is 0 Å². The molecule has 0 radical (unpaired) electrons. The third-order valence-corrected chi connectivity index (χ3v) is 3.83. The predicted molar refractivity (Wildman–Crippen MR) is 56.3 cm³/mol. The van der Waals surface area contributed by atoms with Crippen LogP contribution >= 0.6 is 15.9 Å². The van der Waals surface area contributed by atoms with Crippen molar-refractivity contribution in [3.63, 3.8) is 0 Å². The fraction of sp³-hybridized carbons (Fsp3) is 0.375. The highest BCUT2D eigenvalue weighted by Crippen LogP contribution is 2.23. The molecule has 0 rings (SSSR count). The molecule has 0 N–H and O–H groups in total. The molecule has 0 aromatic carbocycles. The molecule has 0 saturated carbocycles. The van der Waals surface area contributed by atoms with E-state index in [1.165, 1.54) is 6.92 Å². The van der Waals surface area contributed by atoms with Crippen molar-refractivity contribution >= 4 is 31.6 Å². The minimum Gasteiger partial charge on any atom is -0.294 e. The number of halogens is 1. The Kier molecular flexibility index (Phi) is 4.06. The van der Waals surface area contributed by atoms with Crippen LogP contribution in [-0.2, 0) is 14.6 Å². The van der Waals surface area contributed by atoms with Crippen LogP contribution in [-0.4, -0.2) is 20.5 Å². The molecule has 5 heteroatoms. The van der Waals surface area contributed by atoms with Crippen molar-refractivity contribution in [2.45, 2.75) is 13.8 Å². The van der Waals surface area contributed by atoms with Gasteiger partial charge >= 0.3 is 0 Å². The Hall–Kier alpha value is -0.420. The van der Waals surface area contributed by atoms with Gasteiger partial charge < -0.3 is 0 Å². The highest BCUT2D eigenvalue weighted by Gasteiger charge is 2.20. The fourth-order valence-electron chi connectivity index (χ4n) is 0.772. The summed E-state index contributed by atoms with van der Waals surface area (Å²) in [5, 5.41) is 0. The molecule has 3 nitrogen and oxygen atoms in total. The molecular formula is C8H11BrO3S. The van der Waals surface area contributed by atoms with Gasteiger partial charge in [0.15, 0.2) is 15.6 Å². The van der Waals surface area contributed by atoms with Crippen molar-refractivity contribution in [1.82, 2.24) is 0 Å². The van der Waals surface area contributed by atoms with E-state index in [0.717, 1.165) is 6.26 Å². The fourth-order valence-corrected chi connectivity index (χ4v) is 2.96. The van der Waals surface area contributed by atoms with Crippen LogP contribution in [0.2, 0.25) is 0 Å². The first-order valence-electron chi connectivity index (χ1n) is 3.44. The Bertz CT molecular complexity index is 376. The quantitative estimate of drug-likeness (QED) is 0.578. The molecule has 0 saturated heterocycles. The summed E-state index contributed by atoms with van der Waals surface area (Å²) in [5.41, 5.74) is 0.510. The lowest BCUT2D eigenvalue weighted by atomic mass is 10.3. The van der Waals surface area contributed by atoms with Crippen LogP contribution in [0.15, 0.2) is 21.5 Å². The minimum atomic E-state index is -3.49. The van der Waals surface area contributed by atoms with E-state index in [0.29, 0.717) is 5.57 Å². The molecule has 0 spiro atoms. The van der Waals surface area contributed by atoms with E-state index in [1.54, 1.807) is 6.92 Å². The molecule has 0 atom stereocenters. The van der Waals surface area contributed by atoms with Crippen LogP contribution in [0.1, 0.15) is 13.8 Å². The molecule has 0 aromatic rings. The summed E-state index contributed by atoms with van der Waals surface area (Å²) in [4.78, 5) is 10.8. The van der Waals surface area contributed by atoms with E-state index in [1.807, 2.05) is 0 Å². The van der Waals surface area contributed by atoms with Crippen molar-refractivity contribution in [3.05, 3.63) is 21.5 Å². The number of ketones is 1. The van der Waals surface area contributed by atoms with E-state index in [9.17, 15) is 13.2 Å². The molecule has 0 aliphatic rings. The molecule has 0 heterocycles. The average molecular weight is 267 g/mol. The van der Waals surface area contributed by atoms with Crippen molar-refractivity contribution < 1.29 is 13.2 Å². The maximum absolute atomic E-state index is 11.2. The largest absolute Gasteiger partial charge is 0.294 e. The lowest BCUT2D eigenvalue weighted by Crippen LogP contribution is -2.10. The Morgan fingerprint density at radius 2 is 1.69 bits per heavy atom. The van der Waals surface area contributed by atoms with Gasteiger partial charge in [0, 0.05) is 10.7 Å². The number of allylic oxidation sites excluding steroid dienone is 3. The van der Waals surface area contributed by atoms with Gasteiger partial charge in [-0.05, 0) is 35.4 Å². The lowest BCUT2D eigenvalue weighted by Gasteiger charge is -2.04. The second-order valence-corrected chi connectivity index (χ2v) is 5.50. The first-order chi connectivity index (χ1) is 5.68. The van der Waals surface area contributed by atoms with E-state index >= 15 is 0 Å². The molecule has 0 fully saturated rings. The third kappa shape index (κ3) is 3.44. The van der Waals surface area contributed by atoms with Gasteiger partial charge in [-0.3, -0.25) is 4.79 Å². The number of rotatable bonds is 3. The SMILES string of the molecule is C=C(C)/C(Br)=C(/C(C)=O)S(C)(=O)=O. The van der Waals surface area contributed by atoms with Crippen molar-refractivity contribution in [3.8, 4) is 0 Å². The van der Waals surface area contributed by atoms with Crippen LogP contribution in [0.3, 0.4) is 0 Å². The summed E-state index contributed by atoms with van der Waals surface area (Å²) in [6.07, 6.45) is 0.994. The van der Waals surface area contributed by atoms with Gasteiger partial charge in [-0.1, -0.05) is 6.58 Å². The Labute approximate surface area is 86.6 Å². The first kappa shape index (κ1) is 12.6. The van der Waals surface area contributed by atoms with Crippen LogP contribution in [0.5, 0.6) is 0 Å². The molecule has 0 aliphatic heterocycles. The Morgan fingerprint density at radius 3 is 1.77 bits per heavy atom. The highest BCUT2D eigenvalue weighted by molar-refractivity contribution is 9.12. The second kappa shape index (κ2) is 4.19. The van der Waals surface area contributed by atoms with E-state index in [4.69, 9.17) is 0 Å². The monoisotopic (exact) mass is 266 g/mol. The van der Waals surface area contributed by atoms with Gasteiger partial charge in [0.1, 0.15) is 4.91 Å². The molecule has 0 unspecified atom stereocenters. The zero-order valence-electron chi connectivity index (χ0n) is 7.72. The molecule has 0 bridgehead atoms. The highest BCUT2D eigenvalue weighted by atomic mass is 79.9. The van der Waals surface area contributed by atoms with Gasteiger partial charge in [-0.25, -0.2) is 8.42 Å². The summed E-state index contributed by atoms with van der Waals surface area (Å²) in [6, 6.07) is 0. The van der Waals surface area contributed by atoms with E-state index in [2.05, 4.69) is 22.5 Å². The number of hydrogen-bond acceptors (Lipinski definition) is 3. The summed E-state index contributed by atoms with van der Waals surface area (Å²) in [6.45, 7) is 6.38. The summed E-state index contributed by atoms with van der Waals surface area (Å²) in [7, 11) is -3.49. The predicted octanol–water partition coefficient (Wildman–Crippen LogP) is 1.80. The maximum atomic E-state index is 11.2. The lowest BCUT2D eigenvalue weighted by molar-refractivity contribution is -0.113. The van der Waals surface area contributed by atoms with Gasteiger partial charge in [0.25, 0.3) is 0 Å². The van der Waals surface area contributed by atoms with Gasteiger partial charge in [-0.2, -0.15) is 0 Å². The standard InChI is InChI=1S/C8H11BrO3S/c1-5(2)7(9)8(6(3)10)13(4,11)12/h1H2,2-4H3/b8-7+. The zero-order valence-corrected chi connectivity index (χ0v) is 10.1. The molecule has 74 valence electrons. The summed E-state index contributed by atoms with van der Waals surface area (Å²) < 4.78 is 22.6. The number of carbonyl (C=O) groups is 1. The first-order valence-corrected chi connectivity index (χ1v) is 6.13. The van der Waals surface area contributed by atoms with Crippen molar-refractivity contribution in [2.24, 2.45) is 0 Å². The van der Waals surface area contributed by atoms with Crippen LogP contribution in [0, 0.1) is 0 Å². The molecular weight excluding hydrogens is 256 g/mol. The molecule has 0 aliphatic carbocycles. The summed E-state index contributed by atoms with van der Waals surface area (Å²) >= 11 is 3.03. The van der Waals surface area contributed by atoms with Gasteiger partial charge in [-0.15, -0.1) is 0 Å². The number of Topliss-reactive ketones (excluding diaryl/α,β-unsaturated/α-hetero) is 1. The van der Waals surface area contributed by atoms with Crippen LogP contribution < -0.4 is 0 Å². The van der Waals surface area contributed by atoms with E-state index in [-0.39, 0.29) is 9.39 Å². The maximum Gasteiger partial charge on any atom is 0.180 e. The van der Waals surface area contributed by atoms with Gasteiger partial charge in [0.2, 0.25) is 0 Å². The van der Waals surface area contributed by atoms with E-state index < -0.39 is 15.6 Å². The number of sulfone groups is 1. The average Bonchev–Trinajstić information content (AvgIpc) is 1.82. The molecule has 0 amide bonds. The molecule has 0 aromatic heterocycles. The minimum absolute atomic E-state index is 0.222. The smallest absolute Gasteiger partial charge is 0.180 e. The number of carbonyl (C=O) groups excluding carboxylic acids is 1. The molecule has 13 heavy (non-hydrogen) atoms. The topological polar surface area (TPSA) is 51.2 Å².